The average molecular weight is 268 g/mol. The van der Waals surface area contributed by atoms with E-state index in [1.165, 1.54) is 0 Å². The summed E-state index contributed by atoms with van der Waals surface area (Å²) in [5, 5.41) is 12.8. The molecule has 0 spiro atoms. The maximum atomic E-state index is 9.57. The Bertz CT molecular complexity index is 398. The van der Waals surface area contributed by atoms with Crippen LogP contribution in [0.1, 0.15) is 31.2 Å². The number of aromatic nitrogens is 2. The molecular formula is C13H24N4O2. The molecule has 1 atom stereocenters. The summed E-state index contributed by atoms with van der Waals surface area (Å²) in [7, 11) is 1.57. The Morgan fingerprint density at radius 2 is 2.16 bits per heavy atom. The number of nitrogens with zero attached hydrogens (tertiary/aromatic N) is 2. The molecule has 4 N–H and O–H groups in total. The number of anilines is 2. The van der Waals surface area contributed by atoms with Crippen molar-refractivity contribution in [2.75, 3.05) is 31.3 Å². The molecule has 0 aliphatic rings. The minimum Gasteiger partial charge on any atom is -0.391 e. The quantitative estimate of drug-likeness (QED) is 0.654. The van der Waals surface area contributed by atoms with Gasteiger partial charge in [0.2, 0.25) is 0 Å². The third-order valence-corrected chi connectivity index (χ3v) is 2.83. The van der Waals surface area contributed by atoms with Gasteiger partial charge in [-0.25, -0.2) is 9.97 Å². The fourth-order valence-electron chi connectivity index (χ4n) is 1.72. The molecule has 0 bridgehead atoms. The lowest BCUT2D eigenvalue weighted by atomic mass is 10.2. The molecule has 0 saturated heterocycles. The van der Waals surface area contributed by atoms with Crippen LogP contribution in [0.5, 0.6) is 0 Å². The van der Waals surface area contributed by atoms with E-state index in [1.54, 1.807) is 7.11 Å². The Morgan fingerprint density at radius 1 is 1.42 bits per heavy atom. The van der Waals surface area contributed by atoms with Crippen LogP contribution in [0.25, 0.3) is 0 Å². The molecule has 0 fully saturated rings. The summed E-state index contributed by atoms with van der Waals surface area (Å²) in [5.74, 6) is 2.02. The van der Waals surface area contributed by atoms with Gasteiger partial charge in [-0.3, -0.25) is 0 Å². The Labute approximate surface area is 114 Å². The van der Waals surface area contributed by atoms with Crippen LogP contribution in [0.2, 0.25) is 0 Å². The largest absolute Gasteiger partial charge is 0.391 e. The Kier molecular flexibility index (Phi) is 6.52. The molecule has 0 aliphatic carbocycles. The summed E-state index contributed by atoms with van der Waals surface area (Å²) < 4.78 is 4.88. The van der Waals surface area contributed by atoms with Crippen LogP contribution in [0.15, 0.2) is 0 Å². The average Bonchev–Trinajstić information content (AvgIpc) is 2.35. The highest BCUT2D eigenvalue weighted by atomic mass is 16.5. The maximum Gasteiger partial charge on any atom is 0.134 e. The number of nitrogens with one attached hydrogen (secondary N) is 1. The first-order valence-electron chi connectivity index (χ1n) is 6.62. The van der Waals surface area contributed by atoms with Gasteiger partial charge in [0.05, 0.1) is 12.7 Å². The number of hydrogen-bond acceptors (Lipinski definition) is 6. The first-order valence-corrected chi connectivity index (χ1v) is 6.62. The van der Waals surface area contributed by atoms with Crippen molar-refractivity contribution in [2.24, 2.45) is 0 Å². The summed E-state index contributed by atoms with van der Waals surface area (Å²) in [6, 6.07) is 0. The van der Waals surface area contributed by atoms with Crippen LogP contribution in [-0.2, 0) is 11.2 Å². The number of aliphatic hydroxyl groups is 1. The molecule has 19 heavy (non-hydrogen) atoms. The third kappa shape index (κ3) is 5.00. The van der Waals surface area contributed by atoms with Gasteiger partial charge < -0.3 is 20.9 Å². The highest BCUT2D eigenvalue weighted by Gasteiger charge is 2.09. The number of rotatable bonds is 8. The molecule has 0 aliphatic heterocycles. The molecule has 1 aromatic rings. The van der Waals surface area contributed by atoms with Crippen molar-refractivity contribution in [3.8, 4) is 0 Å². The second-order valence-electron chi connectivity index (χ2n) is 4.57. The molecule has 0 radical (unpaired) electrons. The number of hydrogen-bond donors (Lipinski definition) is 3. The lowest BCUT2D eigenvalue weighted by molar-refractivity contribution is 0.0615. The van der Waals surface area contributed by atoms with Gasteiger partial charge in [0.15, 0.2) is 0 Å². The molecule has 1 heterocycles. The molecule has 1 rings (SSSR count). The topological polar surface area (TPSA) is 93.3 Å². The number of nitrogens with two attached hydrogens (primary N) is 1. The van der Waals surface area contributed by atoms with Gasteiger partial charge in [0.25, 0.3) is 0 Å². The maximum absolute atomic E-state index is 9.57. The molecular weight excluding hydrogens is 244 g/mol. The Hall–Kier alpha value is -1.40. The molecule has 1 aromatic heterocycles. The zero-order valence-corrected chi connectivity index (χ0v) is 11.9. The Balaban J connectivity index is 2.61. The molecule has 108 valence electrons. The van der Waals surface area contributed by atoms with E-state index >= 15 is 0 Å². The van der Waals surface area contributed by atoms with E-state index in [0.29, 0.717) is 25.4 Å². The molecule has 1 unspecified atom stereocenters. The van der Waals surface area contributed by atoms with Crippen molar-refractivity contribution >= 4 is 11.6 Å². The standard InChI is InChI=1S/C13H24N4O2/c1-4-5-11-16-12(14)9(2)13(17-11)15-7-6-10(18)8-19-3/h10,18H,4-8H2,1-3H3,(H3,14,15,16,17). The zero-order valence-electron chi connectivity index (χ0n) is 11.9. The lowest BCUT2D eigenvalue weighted by Gasteiger charge is -2.13. The van der Waals surface area contributed by atoms with E-state index in [-0.39, 0.29) is 0 Å². The van der Waals surface area contributed by atoms with Crippen molar-refractivity contribution in [2.45, 2.75) is 39.2 Å². The fourth-order valence-corrected chi connectivity index (χ4v) is 1.72. The highest BCUT2D eigenvalue weighted by Crippen LogP contribution is 2.17. The third-order valence-electron chi connectivity index (χ3n) is 2.83. The van der Waals surface area contributed by atoms with Gasteiger partial charge in [0.1, 0.15) is 17.5 Å². The van der Waals surface area contributed by atoms with Crippen LogP contribution in [0, 0.1) is 6.92 Å². The summed E-state index contributed by atoms with van der Waals surface area (Å²) in [6.07, 6.45) is 1.92. The highest BCUT2D eigenvalue weighted by molar-refractivity contribution is 5.54. The fraction of sp³-hybridized carbons (Fsp3) is 0.692. The van der Waals surface area contributed by atoms with Crippen molar-refractivity contribution in [1.29, 1.82) is 0 Å². The van der Waals surface area contributed by atoms with E-state index < -0.39 is 6.10 Å². The number of methoxy groups -OCH3 is 1. The van der Waals surface area contributed by atoms with Gasteiger partial charge in [-0.2, -0.15) is 0 Å². The number of ether oxygens (including phenoxy) is 1. The normalized spacial score (nSPS) is 12.4. The predicted octanol–water partition coefficient (Wildman–Crippen LogP) is 1.13. The van der Waals surface area contributed by atoms with E-state index in [9.17, 15) is 5.11 Å². The molecule has 0 amide bonds. The summed E-state index contributed by atoms with van der Waals surface area (Å²) in [4.78, 5) is 8.70. The van der Waals surface area contributed by atoms with E-state index in [1.807, 2.05) is 6.92 Å². The summed E-state index contributed by atoms with van der Waals surface area (Å²) in [6.45, 7) is 4.92. The van der Waals surface area contributed by atoms with Crippen LogP contribution in [-0.4, -0.2) is 41.4 Å². The van der Waals surface area contributed by atoms with Crippen molar-refractivity contribution in [3.05, 3.63) is 11.4 Å². The van der Waals surface area contributed by atoms with Crippen LogP contribution < -0.4 is 11.1 Å². The molecule has 6 heteroatoms. The van der Waals surface area contributed by atoms with E-state index in [0.717, 1.165) is 30.0 Å². The monoisotopic (exact) mass is 268 g/mol. The molecule has 0 aromatic carbocycles. The van der Waals surface area contributed by atoms with Crippen molar-refractivity contribution < 1.29 is 9.84 Å². The molecule has 0 saturated carbocycles. The number of nitrogen functional groups attached to an aromatic ring is 1. The summed E-state index contributed by atoms with van der Waals surface area (Å²) in [5.41, 5.74) is 6.72. The van der Waals surface area contributed by atoms with Crippen molar-refractivity contribution in [3.63, 3.8) is 0 Å². The van der Waals surface area contributed by atoms with E-state index in [4.69, 9.17) is 10.5 Å². The van der Waals surface area contributed by atoms with E-state index in [2.05, 4.69) is 22.2 Å². The second kappa shape index (κ2) is 7.91. The first-order chi connectivity index (χ1) is 9.08. The zero-order chi connectivity index (χ0) is 14.3. The van der Waals surface area contributed by atoms with Gasteiger partial charge in [-0.05, 0) is 19.8 Å². The number of aryl methyl sites for hydroxylation is 1. The van der Waals surface area contributed by atoms with Crippen molar-refractivity contribution in [1.82, 2.24) is 9.97 Å². The van der Waals surface area contributed by atoms with Gasteiger partial charge in [0, 0.05) is 25.6 Å². The smallest absolute Gasteiger partial charge is 0.134 e. The SMILES string of the molecule is CCCc1nc(N)c(C)c(NCCC(O)COC)n1. The minimum absolute atomic E-state index is 0.341. The summed E-state index contributed by atoms with van der Waals surface area (Å²) >= 11 is 0. The Morgan fingerprint density at radius 3 is 2.79 bits per heavy atom. The predicted molar refractivity (Wildman–Crippen MR) is 76.2 cm³/mol. The lowest BCUT2D eigenvalue weighted by Crippen LogP contribution is -2.19. The molecule has 6 nitrogen and oxygen atoms in total. The minimum atomic E-state index is -0.466. The first kappa shape index (κ1) is 15.7. The van der Waals surface area contributed by atoms with Gasteiger partial charge in [-0.1, -0.05) is 6.92 Å². The van der Waals surface area contributed by atoms with Gasteiger partial charge in [-0.15, -0.1) is 0 Å². The van der Waals surface area contributed by atoms with Crippen LogP contribution in [0.4, 0.5) is 11.6 Å². The van der Waals surface area contributed by atoms with Crippen LogP contribution >= 0.6 is 0 Å². The second-order valence-corrected chi connectivity index (χ2v) is 4.57. The number of aliphatic hydroxyl groups excluding tert-OH is 1. The van der Waals surface area contributed by atoms with Crippen LogP contribution in [0.3, 0.4) is 0 Å². The van der Waals surface area contributed by atoms with Gasteiger partial charge >= 0.3 is 0 Å².